The van der Waals surface area contributed by atoms with E-state index in [9.17, 15) is 4.79 Å². The van der Waals surface area contributed by atoms with E-state index < -0.39 is 7.26 Å². The molecule has 1 nitrogen and oxygen atoms in total. The van der Waals surface area contributed by atoms with Gasteiger partial charge in [0.25, 0.3) is 0 Å². The van der Waals surface area contributed by atoms with Crippen molar-refractivity contribution in [1.82, 2.24) is 0 Å². The van der Waals surface area contributed by atoms with Crippen LogP contribution in [0, 0.1) is 5.41 Å². The number of carbonyl (C=O) groups is 1. The van der Waals surface area contributed by atoms with Crippen molar-refractivity contribution in [2.24, 2.45) is 5.41 Å². The predicted molar refractivity (Wildman–Crippen MR) is 117 cm³/mol. The predicted octanol–water partition coefficient (Wildman–Crippen LogP) is 7.49. The Morgan fingerprint density at radius 3 is 1.58 bits per heavy atom. The van der Waals surface area contributed by atoms with Crippen LogP contribution in [0.3, 0.4) is 0 Å². The lowest BCUT2D eigenvalue weighted by Crippen LogP contribution is -2.20. The number of hydrogen-bond donors (Lipinski definition) is 0. The number of hydrogen-bond acceptors (Lipinski definition) is 2. The largest absolute Gasteiger partial charge is 0.287 e. The molecule has 0 unspecified atom stereocenters. The Bertz CT molecular complexity index is 306. The molecule has 0 bridgehead atoms. The fraction of sp³-hybridized carbons (Fsp3) is 0.952. The molecule has 144 valence electrons. The number of rotatable bonds is 15. The van der Waals surface area contributed by atoms with Crippen molar-refractivity contribution in [3.63, 3.8) is 0 Å². The van der Waals surface area contributed by atoms with Crippen LogP contribution in [-0.4, -0.2) is 35.5 Å². The van der Waals surface area contributed by atoms with Crippen LogP contribution in [0.15, 0.2) is 0 Å². The van der Waals surface area contributed by atoms with Gasteiger partial charge in [0, 0.05) is 18.4 Å². The number of carbonyl (C=O) groups excluding carboxylic acids is 1. The van der Waals surface area contributed by atoms with E-state index in [4.69, 9.17) is 0 Å². The molecule has 0 aliphatic carbocycles. The van der Waals surface area contributed by atoms with Gasteiger partial charge in [0.2, 0.25) is 0 Å². The van der Waals surface area contributed by atoms with Crippen LogP contribution in [0.1, 0.15) is 92.9 Å². The Labute approximate surface area is 157 Å². The summed E-state index contributed by atoms with van der Waals surface area (Å²) in [6.07, 6.45) is 16.4. The molecule has 0 aliphatic rings. The molecule has 0 saturated carbocycles. The van der Waals surface area contributed by atoms with Gasteiger partial charge in [0.1, 0.15) is 0 Å². The van der Waals surface area contributed by atoms with Crippen molar-refractivity contribution >= 4 is 24.1 Å². The summed E-state index contributed by atoms with van der Waals surface area (Å²) in [4.78, 5) is 12.3. The van der Waals surface area contributed by atoms with Crippen molar-refractivity contribution < 1.29 is 4.79 Å². The van der Waals surface area contributed by atoms with Crippen LogP contribution in [0.5, 0.6) is 0 Å². The summed E-state index contributed by atoms with van der Waals surface area (Å²) in [5.74, 6) is 1.04. The van der Waals surface area contributed by atoms with Gasteiger partial charge in [-0.05, 0) is 32.1 Å². The van der Waals surface area contributed by atoms with Crippen LogP contribution < -0.4 is 0 Å². The van der Waals surface area contributed by atoms with Crippen molar-refractivity contribution in [3.05, 3.63) is 0 Å². The first-order valence-electron chi connectivity index (χ1n) is 10.4. The van der Waals surface area contributed by atoms with E-state index in [0.29, 0.717) is 5.12 Å². The summed E-state index contributed by atoms with van der Waals surface area (Å²) < 4.78 is 0. The fourth-order valence-electron chi connectivity index (χ4n) is 3.06. The molecule has 0 radical (unpaired) electrons. The Hall–Kier alpha value is 0.450. The van der Waals surface area contributed by atoms with E-state index in [1.807, 2.05) is 0 Å². The third-order valence-corrected chi connectivity index (χ3v) is 11.8. The van der Waals surface area contributed by atoms with Crippen LogP contribution in [0.4, 0.5) is 0 Å². The molecular weight excluding hydrogens is 331 g/mol. The summed E-state index contributed by atoms with van der Waals surface area (Å²) in [7, 11) is -0.778. The minimum absolute atomic E-state index is 0.149. The maximum Gasteiger partial charge on any atom is 0.194 e. The van der Waals surface area contributed by atoms with Gasteiger partial charge >= 0.3 is 0 Å². The molecule has 0 aliphatic heterocycles. The zero-order chi connectivity index (χ0) is 18.5. The van der Waals surface area contributed by atoms with Gasteiger partial charge in [-0.3, -0.25) is 4.79 Å². The quantitative estimate of drug-likeness (QED) is 0.218. The maximum atomic E-state index is 12.3. The van der Waals surface area contributed by atoms with Gasteiger partial charge in [-0.1, -0.05) is 72.6 Å². The first-order valence-corrected chi connectivity index (χ1v) is 13.9. The summed E-state index contributed by atoms with van der Waals surface area (Å²) >= 11 is 1.60. The van der Waals surface area contributed by atoms with Crippen molar-refractivity contribution in [1.29, 1.82) is 0 Å². The number of unbranched alkanes of at least 4 members (excludes halogenated alkanes) is 3. The van der Waals surface area contributed by atoms with Gasteiger partial charge in [0.15, 0.2) is 5.12 Å². The van der Waals surface area contributed by atoms with E-state index in [-0.39, 0.29) is 5.41 Å². The zero-order valence-corrected chi connectivity index (χ0v) is 19.2. The summed E-state index contributed by atoms with van der Waals surface area (Å²) in [6, 6.07) is 0. The van der Waals surface area contributed by atoms with Crippen LogP contribution in [0.2, 0.25) is 0 Å². The molecule has 0 aromatic heterocycles. The maximum absolute atomic E-state index is 12.3. The molecule has 0 fully saturated rings. The Morgan fingerprint density at radius 1 is 0.792 bits per heavy atom. The Balaban J connectivity index is 4.58. The second-order valence-electron chi connectivity index (χ2n) is 8.02. The molecule has 0 spiro atoms. The van der Waals surface area contributed by atoms with Crippen molar-refractivity contribution in [2.75, 3.05) is 30.4 Å². The monoisotopic (exact) mass is 375 g/mol. The first-order chi connectivity index (χ1) is 11.4. The number of thioether (sulfide) groups is 1. The molecule has 0 atom stereocenters. The van der Waals surface area contributed by atoms with Gasteiger partial charge in [-0.25, -0.2) is 0 Å². The highest BCUT2D eigenvalue weighted by Gasteiger charge is 2.35. The van der Waals surface area contributed by atoms with E-state index in [2.05, 4.69) is 41.5 Å². The van der Waals surface area contributed by atoms with Gasteiger partial charge in [0.05, 0.1) is 24.6 Å². The lowest BCUT2D eigenvalue weighted by Gasteiger charge is -2.28. The Kier molecular flexibility index (Phi) is 13.9. The van der Waals surface area contributed by atoms with Crippen LogP contribution in [0.25, 0.3) is 0 Å². The fourth-order valence-corrected chi connectivity index (χ4v) is 9.41. The highest BCUT2D eigenvalue weighted by Crippen LogP contribution is 2.61. The zero-order valence-electron chi connectivity index (χ0n) is 17.5. The minimum Gasteiger partial charge on any atom is -0.287 e. The summed E-state index contributed by atoms with van der Waals surface area (Å²) in [5.41, 5.74) is -0.149. The molecule has 0 aromatic rings. The second-order valence-corrected chi connectivity index (χ2v) is 13.6. The van der Waals surface area contributed by atoms with E-state index in [0.717, 1.165) is 12.2 Å². The molecule has 0 N–H and O–H groups in total. The first kappa shape index (κ1) is 24.5. The van der Waals surface area contributed by atoms with E-state index in [1.54, 1.807) is 11.8 Å². The highest BCUT2D eigenvalue weighted by atomic mass is 32.2. The average molecular weight is 376 g/mol. The topological polar surface area (TPSA) is 17.1 Å². The lowest BCUT2D eigenvalue weighted by atomic mass is 9.92. The van der Waals surface area contributed by atoms with Gasteiger partial charge < -0.3 is 0 Å². The minimum atomic E-state index is -0.778. The summed E-state index contributed by atoms with van der Waals surface area (Å²) in [6.45, 7) is 13.3. The standard InChI is InChI=1S/C21H44OPS/c1-7-11-15-23(16-12-8-2,17-13-9-3)18-14-19-24-20(22)21(5,6)10-4/h7-19H2,1-6H3/q+1. The molecule has 0 heterocycles. The van der Waals surface area contributed by atoms with E-state index in [1.165, 1.54) is 69.6 Å². The van der Waals surface area contributed by atoms with Gasteiger partial charge in [-0.2, -0.15) is 0 Å². The molecule has 0 amide bonds. The lowest BCUT2D eigenvalue weighted by molar-refractivity contribution is -0.118. The molecule has 0 rings (SSSR count). The molecule has 24 heavy (non-hydrogen) atoms. The summed E-state index contributed by atoms with van der Waals surface area (Å²) in [5, 5.41) is 0.393. The van der Waals surface area contributed by atoms with Crippen molar-refractivity contribution in [2.45, 2.75) is 92.9 Å². The van der Waals surface area contributed by atoms with E-state index >= 15 is 0 Å². The Morgan fingerprint density at radius 2 is 1.21 bits per heavy atom. The molecule has 0 aromatic carbocycles. The van der Waals surface area contributed by atoms with Crippen LogP contribution in [-0.2, 0) is 4.79 Å². The SMILES string of the molecule is CCCC[P+](CCCC)(CCCC)CCCSC(=O)C(C)(C)CC. The molecular formula is C21H44OPS+. The molecule has 0 saturated heterocycles. The third-order valence-electron chi connectivity index (χ3n) is 5.40. The third kappa shape index (κ3) is 9.81. The highest BCUT2D eigenvalue weighted by molar-refractivity contribution is 8.13. The average Bonchev–Trinajstić information content (AvgIpc) is 2.59. The second kappa shape index (κ2) is 13.6. The smallest absolute Gasteiger partial charge is 0.194 e. The molecule has 3 heteroatoms. The normalized spacial score (nSPS) is 12.6. The van der Waals surface area contributed by atoms with Crippen LogP contribution >= 0.6 is 19.0 Å². The van der Waals surface area contributed by atoms with Gasteiger partial charge in [-0.15, -0.1) is 0 Å². The van der Waals surface area contributed by atoms with Crippen molar-refractivity contribution in [3.8, 4) is 0 Å².